The quantitative estimate of drug-likeness (QED) is 0.344. The number of ketones is 1. The third kappa shape index (κ3) is 5.53. The number of esters is 1. The molecular weight excluding hydrogens is 172 g/mol. The summed E-state index contributed by atoms with van der Waals surface area (Å²) in [7, 11) is 0. The Morgan fingerprint density at radius 1 is 1.44 bits per heavy atom. The van der Waals surface area contributed by atoms with Crippen LogP contribution in [0.3, 0.4) is 0 Å². The van der Waals surface area contributed by atoms with Gasteiger partial charge in [0.1, 0.15) is 0 Å². The predicted octanol–water partition coefficient (Wildman–Crippen LogP) is 0.136. The fourth-order valence-corrected chi connectivity index (χ4v) is 0.233. The third-order valence-corrected chi connectivity index (χ3v) is 0.563. The molecule has 0 aliphatic heterocycles. The van der Waals surface area contributed by atoms with Crippen LogP contribution in [0.25, 0.3) is 0 Å². The summed E-state index contributed by atoms with van der Waals surface area (Å²) in [5, 5.41) is 0. The van der Waals surface area contributed by atoms with E-state index in [1.807, 2.05) is 0 Å². The van der Waals surface area contributed by atoms with Gasteiger partial charge < -0.3 is 4.74 Å². The van der Waals surface area contributed by atoms with Crippen molar-refractivity contribution < 1.29 is 31.4 Å². The molecule has 0 saturated carbocycles. The van der Waals surface area contributed by atoms with E-state index in [1.165, 1.54) is 6.92 Å². The molecule has 0 aromatic heterocycles. The zero-order valence-corrected chi connectivity index (χ0v) is 6.18. The van der Waals surface area contributed by atoms with Crippen LogP contribution in [0.15, 0.2) is 0 Å². The van der Waals surface area contributed by atoms with E-state index in [9.17, 15) is 9.59 Å². The Morgan fingerprint density at radius 2 is 1.89 bits per heavy atom. The van der Waals surface area contributed by atoms with Crippen LogP contribution in [0.2, 0.25) is 0 Å². The molecule has 0 aromatic carbocycles. The van der Waals surface area contributed by atoms with E-state index in [2.05, 4.69) is 4.74 Å². The fourth-order valence-electron chi connectivity index (χ4n) is 0.233. The van der Waals surface area contributed by atoms with Gasteiger partial charge >= 0.3 is 5.97 Å². The molecule has 0 aliphatic rings. The largest absolute Gasteiger partial charge is 0.460 e. The second-order valence-electron chi connectivity index (χ2n) is 1.28. The first kappa shape index (κ1) is 11.5. The van der Waals surface area contributed by atoms with E-state index >= 15 is 0 Å². The van der Waals surface area contributed by atoms with Gasteiger partial charge in [-0.2, -0.15) is 0 Å². The van der Waals surface area contributed by atoms with Crippen molar-refractivity contribution in [2.24, 2.45) is 0 Å². The number of carbonyl (C=O) groups excluding carboxylic acids is 2. The molecule has 0 heterocycles. The summed E-state index contributed by atoms with van der Waals surface area (Å²) < 4.78 is 4.31. The zero-order valence-electron chi connectivity index (χ0n) is 5.23. The van der Waals surface area contributed by atoms with Crippen LogP contribution in [0, 0.1) is 0 Å². The molecular formula is C5H8CuO3. The average molecular weight is 180 g/mol. The van der Waals surface area contributed by atoms with Crippen molar-refractivity contribution in [3.05, 3.63) is 0 Å². The fraction of sp³-hybridized carbons (Fsp3) is 0.600. The SMILES string of the molecule is CCOC(=O)C(C)=O.[Cu]. The number of ether oxygens (including phenoxy) is 1. The molecule has 0 fully saturated rings. The Kier molecular flexibility index (Phi) is 7.37. The van der Waals surface area contributed by atoms with Crippen LogP contribution in [0.4, 0.5) is 0 Å². The van der Waals surface area contributed by atoms with E-state index in [-0.39, 0.29) is 23.7 Å². The van der Waals surface area contributed by atoms with Crippen molar-refractivity contribution >= 4 is 11.8 Å². The van der Waals surface area contributed by atoms with E-state index in [4.69, 9.17) is 0 Å². The first-order valence-electron chi connectivity index (χ1n) is 2.36. The van der Waals surface area contributed by atoms with Crippen LogP contribution in [-0.4, -0.2) is 18.4 Å². The maximum Gasteiger partial charge on any atom is 0.374 e. The van der Waals surface area contributed by atoms with E-state index < -0.39 is 11.8 Å². The molecule has 57 valence electrons. The Morgan fingerprint density at radius 3 is 2.00 bits per heavy atom. The Bertz CT molecular complexity index is 111. The number of rotatable bonds is 2. The summed E-state index contributed by atoms with van der Waals surface area (Å²) in [5.41, 5.74) is 0. The van der Waals surface area contributed by atoms with Gasteiger partial charge in [-0.15, -0.1) is 0 Å². The summed E-state index contributed by atoms with van der Waals surface area (Å²) in [6.07, 6.45) is 0. The smallest absolute Gasteiger partial charge is 0.374 e. The van der Waals surface area contributed by atoms with Crippen molar-refractivity contribution in [3.63, 3.8) is 0 Å². The molecule has 0 aromatic rings. The number of carbonyl (C=O) groups is 2. The molecule has 0 saturated heterocycles. The molecule has 0 atom stereocenters. The maximum absolute atomic E-state index is 10.2. The topological polar surface area (TPSA) is 43.4 Å². The van der Waals surface area contributed by atoms with Gasteiger partial charge in [0.25, 0.3) is 0 Å². The summed E-state index contributed by atoms with van der Waals surface area (Å²) in [4.78, 5) is 20.2. The van der Waals surface area contributed by atoms with Gasteiger partial charge in [0.05, 0.1) is 6.61 Å². The van der Waals surface area contributed by atoms with Gasteiger partial charge in [-0.1, -0.05) is 0 Å². The normalized spacial score (nSPS) is 7.33. The Hall–Kier alpha value is -0.341. The maximum atomic E-state index is 10.2. The van der Waals surface area contributed by atoms with Gasteiger partial charge in [0.15, 0.2) is 0 Å². The Labute approximate surface area is 64.2 Å². The molecule has 0 unspecified atom stereocenters. The molecule has 0 bridgehead atoms. The molecule has 0 N–H and O–H groups in total. The second-order valence-corrected chi connectivity index (χ2v) is 1.28. The van der Waals surface area contributed by atoms with Crippen LogP contribution in [0.1, 0.15) is 13.8 Å². The predicted molar refractivity (Wildman–Crippen MR) is 27.3 cm³/mol. The first-order chi connectivity index (χ1) is 3.68. The average Bonchev–Trinajstić information content (AvgIpc) is 1.67. The molecule has 0 amide bonds. The number of hydrogen-bond acceptors (Lipinski definition) is 3. The van der Waals surface area contributed by atoms with Crippen LogP contribution >= 0.6 is 0 Å². The standard InChI is InChI=1S/C5H8O3.Cu/c1-3-8-5(7)4(2)6;/h3H2,1-2H3;. The van der Waals surface area contributed by atoms with E-state index in [1.54, 1.807) is 6.92 Å². The van der Waals surface area contributed by atoms with Crippen molar-refractivity contribution in [2.75, 3.05) is 6.61 Å². The number of Topliss-reactive ketones (excluding diaryl/α,β-unsaturated/α-hetero) is 1. The minimum atomic E-state index is -0.757. The van der Waals surface area contributed by atoms with Crippen molar-refractivity contribution in [1.29, 1.82) is 0 Å². The summed E-state index contributed by atoms with van der Waals surface area (Å²) in [5.74, 6) is -1.31. The van der Waals surface area contributed by atoms with Crippen molar-refractivity contribution in [1.82, 2.24) is 0 Å². The van der Waals surface area contributed by atoms with Crippen LogP contribution in [-0.2, 0) is 31.4 Å². The van der Waals surface area contributed by atoms with Gasteiger partial charge in [-0.3, -0.25) is 4.79 Å². The molecule has 3 nitrogen and oxygen atoms in total. The Balaban J connectivity index is 0. The molecule has 0 aliphatic carbocycles. The summed E-state index contributed by atoms with van der Waals surface area (Å²) in [6.45, 7) is 3.09. The molecule has 0 rings (SSSR count). The van der Waals surface area contributed by atoms with E-state index in [0.29, 0.717) is 0 Å². The minimum Gasteiger partial charge on any atom is -0.460 e. The van der Waals surface area contributed by atoms with E-state index in [0.717, 1.165) is 0 Å². The van der Waals surface area contributed by atoms with Gasteiger partial charge in [0.2, 0.25) is 5.78 Å². The second kappa shape index (κ2) is 5.79. The third-order valence-electron chi connectivity index (χ3n) is 0.563. The van der Waals surface area contributed by atoms with Gasteiger partial charge in [0, 0.05) is 24.0 Å². The molecule has 4 heteroatoms. The zero-order chi connectivity index (χ0) is 6.57. The van der Waals surface area contributed by atoms with Crippen molar-refractivity contribution in [2.45, 2.75) is 13.8 Å². The van der Waals surface area contributed by atoms with Gasteiger partial charge in [-0.25, -0.2) is 4.79 Å². The summed E-state index contributed by atoms with van der Waals surface area (Å²) in [6, 6.07) is 0. The van der Waals surface area contributed by atoms with Crippen molar-refractivity contribution in [3.8, 4) is 0 Å². The molecule has 9 heavy (non-hydrogen) atoms. The number of hydrogen-bond donors (Lipinski definition) is 0. The summed E-state index contributed by atoms with van der Waals surface area (Å²) >= 11 is 0. The minimum absolute atomic E-state index is 0. The monoisotopic (exact) mass is 179 g/mol. The van der Waals surface area contributed by atoms with Crippen LogP contribution in [0.5, 0.6) is 0 Å². The first-order valence-corrected chi connectivity index (χ1v) is 2.36. The molecule has 1 radical (unpaired) electrons. The van der Waals surface area contributed by atoms with Gasteiger partial charge in [-0.05, 0) is 6.92 Å². The molecule has 0 spiro atoms. The van der Waals surface area contributed by atoms with Crippen LogP contribution < -0.4 is 0 Å².